The van der Waals surface area contributed by atoms with Crippen LogP contribution in [0.4, 0.5) is 0 Å². The lowest BCUT2D eigenvalue weighted by molar-refractivity contribution is -0.134. The standard InChI is InChI=1S/C14H24N4O4/c1-8(19)11(12(15)20)17-13(21)9-4-6-18(7-9)14(22)10-3-2-5-16-10/h8-11,16,19H,2-7H2,1H3,(H2,15,20)(H,17,21)/t8-,9?,10-,11+/m1/s1. The predicted molar refractivity (Wildman–Crippen MR) is 78.5 cm³/mol. The molecule has 8 heteroatoms. The highest BCUT2D eigenvalue weighted by Crippen LogP contribution is 2.19. The summed E-state index contributed by atoms with van der Waals surface area (Å²) >= 11 is 0. The first-order valence-electron chi connectivity index (χ1n) is 7.70. The number of rotatable bonds is 5. The Labute approximate surface area is 129 Å². The molecule has 1 unspecified atom stereocenters. The van der Waals surface area contributed by atoms with Crippen LogP contribution in [0.3, 0.4) is 0 Å². The van der Waals surface area contributed by atoms with Gasteiger partial charge in [0.1, 0.15) is 6.04 Å². The third-order valence-corrected chi connectivity index (χ3v) is 4.32. The molecule has 2 saturated heterocycles. The summed E-state index contributed by atoms with van der Waals surface area (Å²) in [6, 6.07) is -1.24. The van der Waals surface area contributed by atoms with E-state index in [2.05, 4.69) is 10.6 Å². The third-order valence-electron chi connectivity index (χ3n) is 4.32. The van der Waals surface area contributed by atoms with Crippen LogP contribution in [0.2, 0.25) is 0 Å². The molecule has 0 saturated carbocycles. The van der Waals surface area contributed by atoms with Gasteiger partial charge in [0.2, 0.25) is 17.7 Å². The Kier molecular flexibility index (Phi) is 5.36. The number of aliphatic hydroxyl groups is 1. The molecule has 0 aromatic carbocycles. The summed E-state index contributed by atoms with van der Waals surface area (Å²) in [5.74, 6) is -1.45. The van der Waals surface area contributed by atoms with E-state index < -0.39 is 18.1 Å². The molecule has 0 spiro atoms. The van der Waals surface area contributed by atoms with E-state index in [0.717, 1.165) is 19.4 Å². The highest BCUT2D eigenvalue weighted by Gasteiger charge is 2.36. The zero-order chi connectivity index (χ0) is 16.3. The van der Waals surface area contributed by atoms with Gasteiger partial charge in [-0.3, -0.25) is 14.4 Å². The monoisotopic (exact) mass is 312 g/mol. The zero-order valence-electron chi connectivity index (χ0n) is 12.7. The Morgan fingerprint density at radius 2 is 2.09 bits per heavy atom. The van der Waals surface area contributed by atoms with Crippen molar-refractivity contribution in [2.75, 3.05) is 19.6 Å². The average molecular weight is 312 g/mol. The van der Waals surface area contributed by atoms with E-state index >= 15 is 0 Å². The van der Waals surface area contributed by atoms with Gasteiger partial charge < -0.3 is 26.4 Å². The molecule has 124 valence electrons. The van der Waals surface area contributed by atoms with Gasteiger partial charge >= 0.3 is 0 Å². The molecule has 2 heterocycles. The second kappa shape index (κ2) is 7.06. The second-order valence-corrected chi connectivity index (χ2v) is 6.05. The Hall–Kier alpha value is -1.67. The van der Waals surface area contributed by atoms with Crippen molar-refractivity contribution in [3.63, 3.8) is 0 Å². The highest BCUT2D eigenvalue weighted by molar-refractivity contribution is 5.89. The summed E-state index contributed by atoms with van der Waals surface area (Å²) in [4.78, 5) is 37.3. The largest absolute Gasteiger partial charge is 0.391 e. The van der Waals surface area contributed by atoms with Gasteiger partial charge in [-0.1, -0.05) is 0 Å². The van der Waals surface area contributed by atoms with Gasteiger partial charge in [0.15, 0.2) is 0 Å². The zero-order valence-corrected chi connectivity index (χ0v) is 12.7. The first-order chi connectivity index (χ1) is 10.4. The van der Waals surface area contributed by atoms with Crippen molar-refractivity contribution >= 4 is 17.7 Å². The van der Waals surface area contributed by atoms with Crippen molar-refractivity contribution < 1.29 is 19.5 Å². The molecule has 2 rings (SSSR count). The van der Waals surface area contributed by atoms with Gasteiger partial charge in [0, 0.05) is 13.1 Å². The van der Waals surface area contributed by atoms with Gasteiger partial charge in [-0.05, 0) is 32.7 Å². The summed E-state index contributed by atoms with van der Waals surface area (Å²) in [6.45, 7) is 3.12. The lowest BCUT2D eigenvalue weighted by Crippen LogP contribution is -2.52. The van der Waals surface area contributed by atoms with Gasteiger partial charge in [-0.15, -0.1) is 0 Å². The maximum atomic E-state index is 12.3. The maximum absolute atomic E-state index is 12.3. The van der Waals surface area contributed by atoms with E-state index in [0.29, 0.717) is 19.5 Å². The fourth-order valence-corrected chi connectivity index (χ4v) is 2.99. The molecule has 8 nitrogen and oxygen atoms in total. The summed E-state index contributed by atoms with van der Waals surface area (Å²) < 4.78 is 0. The number of nitrogens with zero attached hydrogens (tertiary/aromatic N) is 1. The Balaban J connectivity index is 1.87. The number of hydrogen-bond acceptors (Lipinski definition) is 5. The van der Waals surface area contributed by atoms with Crippen LogP contribution >= 0.6 is 0 Å². The number of primary amides is 1. The van der Waals surface area contributed by atoms with Crippen LogP contribution in [0, 0.1) is 5.92 Å². The molecule has 2 aliphatic heterocycles. The molecule has 22 heavy (non-hydrogen) atoms. The van der Waals surface area contributed by atoms with E-state index in [1.54, 1.807) is 4.90 Å². The number of nitrogens with two attached hydrogens (primary N) is 1. The number of carbonyl (C=O) groups excluding carboxylic acids is 3. The minimum Gasteiger partial charge on any atom is -0.391 e. The third kappa shape index (κ3) is 3.75. The van der Waals surface area contributed by atoms with Gasteiger partial charge in [0.25, 0.3) is 0 Å². The summed E-state index contributed by atoms with van der Waals surface area (Å²) in [7, 11) is 0. The summed E-state index contributed by atoms with van der Waals surface area (Å²) in [5, 5.41) is 15.1. The molecule has 2 aliphatic rings. The fraction of sp³-hybridized carbons (Fsp3) is 0.786. The fourth-order valence-electron chi connectivity index (χ4n) is 2.99. The van der Waals surface area contributed by atoms with Crippen LogP contribution in [-0.2, 0) is 14.4 Å². The second-order valence-electron chi connectivity index (χ2n) is 6.05. The highest BCUT2D eigenvalue weighted by atomic mass is 16.3. The summed E-state index contributed by atoms with van der Waals surface area (Å²) in [5.41, 5.74) is 5.16. The van der Waals surface area contributed by atoms with Crippen molar-refractivity contribution in [3.8, 4) is 0 Å². The lowest BCUT2D eigenvalue weighted by Gasteiger charge is -2.22. The molecule has 0 aromatic heterocycles. The molecule has 0 aliphatic carbocycles. The van der Waals surface area contributed by atoms with Crippen LogP contribution in [0.15, 0.2) is 0 Å². The van der Waals surface area contributed by atoms with E-state index in [9.17, 15) is 19.5 Å². The molecule has 2 fully saturated rings. The number of hydrogen-bond donors (Lipinski definition) is 4. The lowest BCUT2D eigenvalue weighted by atomic mass is 10.1. The maximum Gasteiger partial charge on any atom is 0.242 e. The van der Waals surface area contributed by atoms with E-state index in [4.69, 9.17) is 5.73 Å². The van der Waals surface area contributed by atoms with Crippen LogP contribution in [0.25, 0.3) is 0 Å². The molecular formula is C14H24N4O4. The average Bonchev–Trinajstić information content (AvgIpc) is 3.13. The van der Waals surface area contributed by atoms with Crippen LogP contribution in [0.5, 0.6) is 0 Å². The van der Waals surface area contributed by atoms with Crippen molar-refractivity contribution in [1.82, 2.24) is 15.5 Å². The first kappa shape index (κ1) is 16.7. The van der Waals surface area contributed by atoms with Crippen LogP contribution in [-0.4, -0.2) is 65.5 Å². The number of likely N-dealkylation sites (tertiary alicyclic amines) is 1. The molecular weight excluding hydrogens is 288 g/mol. The first-order valence-corrected chi connectivity index (χ1v) is 7.70. The molecule has 3 amide bonds. The molecule has 5 N–H and O–H groups in total. The normalized spacial score (nSPS) is 27.5. The molecule has 0 aromatic rings. The SMILES string of the molecule is C[C@@H](O)[C@H](NC(=O)C1CCN(C(=O)[C@H]2CCCN2)C1)C(N)=O. The van der Waals surface area contributed by atoms with Crippen molar-refractivity contribution in [2.24, 2.45) is 11.7 Å². The predicted octanol–water partition coefficient (Wildman–Crippen LogP) is -2.06. The van der Waals surface area contributed by atoms with Gasteiger partial charge in [0.05, 0.1) is 18.1 Å². The van der Waals surface area contributed by atoms with Crippen molar-refractivity contribution in [3.05, 3.63) is 0 Å². The minimum atomic E-state index is -1.10. The number of aliphatic hydroxyl groups excluding tert-OH is 1. The quantitative estimate of drug-likeness (QED) is 0.464. The molecule has 0 bridgehead atoms. The minimum absolute atomic E-state index is 0.0368. The van der Waals surface area contributed by atoms with E-state index in [-0.39, 0.29) is 23.8 Å². The summed E-state index contributed by atoms with van der Waals surface area (Å²) in [6.07, 6.45) is 1.32. The molecule has 0 radical (unpaired) electrons. The van der Waals surface area contributed by atoms with Crippen molar-refractivity contribution in [1.29, 1.82) is 0 Å². The number of amides is 3. The van der Waals surface area contributed by atoms with Gasteiger partial charge in [-0.2, -0.15) is 0 Å². The topological polar surface area (TPSA) is 125 Å². The van der Waals surface area contributed by atoms with Crippen LogP contribution < -0.4 is 16.4 Å². The Morgan fingerprint density at radius 1 is 1.36 bits per heavy atom. The number of nitrogens with one attached hydrogen (secondary N) is 2. The number of carbonyl (C=O) groups is 3. The Bertz CT molecular complexity index is 448. The van der Waals surface area contributed by atoms with E-state index in [1.165, 1.54) is 6.92 Å². The Morgan fingerprint density at radius 3 is 2.64 bits per heavy atom. The van der Waals surface area contributed by atoms with Gasteiger partial charge in [-0.25, -0.2) is 0 Å². The van der Waals surface area contributed by atoms with E-state index in [1.807, 2.05) is 0 Å². The molecule has 4 atom stereocenters. The van der Waals surface area contributed by atoms with Crippen molar-refractivity contribution in [2.45, 2.75) is 44.4 Å². The van der Waals surface area contributed by atoms with Crippen LogP contribution in [0.1, 0.15) is 26.2 Å². The smallest absolute Gasteiger partial charge is 0.242 e.